The Morgan fingerprint density at radius 1 is 1.00 bits per heavy atom. The Hall–Kier alpha value is -3.35. The number of esters is 2. The van der Waals surface area contributed by atoms with Crippen molar-refractivity contribution in [2.75, 3.05) is 25.1 Å². The number of ether oxygens (including phenoxy) is 2. The lowest BCUT2D eigenvalue weighted by molar-refractivity contribution is -0.144. The predicted octanol–water partition coefficient (Wildman–Crippen LogP) is 3.95. The Bertz CT molecular complexity index is 927. The highest BCUT2D eigenvalue weighted by Crippen LogP contribution is 2.33. The normalized spacial score (nSPS) is 15.1. The summed E-state index contributed by atoms with van der Waals surface area (Å²) in [7, 11) is 0. The number of hydrogen-bond acceptors (Lipinski definition) is 5. The van der Waals surface area contributed by atoms with Crippen LogP contribution in [-0.2, 0) is 20.7 Å². The van der Waals surface area contributed by atoms with Crippen LogP contribution in [0, 0.1) is 0 Å². The molecule has 2 amide bonds. The maximum atomic E-state index is 13.2. The lowest BCUT2D eigenvalue weighted by Gasteiger charge is -2.37. The molecule has 2 aromatic carbocycles. The predicted molar refractivity (Wildman–Crippen MR) is 112 cm³/mol. The molecule has 7 nitrogen and oxygen atoms in total. The van der Waals surface area contributed by atoms with Crippen molar-refractivity contribution in [2.24, 2.45) is 0 Å². The van der Waals surface area contributed by atoms with E-state index in [-0.39, 0.29) is 37.2 Å². The zero-order valence-electron chi connectivity index (χ0n) is 17.2. The first-order valence-corrected chi connectivity index (χ1v) is 10.1. The monoisotopic (exact) mass is 410 g/mol. The maximum absolute atomic E-state index is 13.2. The summed E-state index contributed by atoms with van der Waals surface area (Å²) in [6.45, 7) is 4.46. The summed E-state index contributed by atoms with van der Waals surface area (Å²) in [6, 6.07) is 13.7. The molecular formula is C23H26N2O5. The summed E-state index contributed by atoms with van der Waals surface area (Å²) in [5.74, 6) is -0.857. The van der Waals surface area contributed by atoms with Gasteiger partial charge in [0, 0.05) is 6.54 Å². The molecule has 0 fully saturated rings. The van der Waals surface area contributed by atoms with E-state index in [0.717, 1.165) is 11.1 Å². The lowest BCUT2D eigenvalue weighted by atomic mass is 9.91. The van der Waals surface area contributed by atoms with Crippen LogP contribution in [0.1, 0.15) is 47.8 Å². The molecule has 0 bridgehead atoms. The number of fused-ring (bicyclic) bond motifs is 1. The molecule has 158 valence electrons. The van der Waals surface area contributed by atoms with Crippen molar-refractivity contribution in [3.8, 4) is 0 Å². The molecule has 1 aliphatic rings. The van der Waals surface area contributed by atoms with Gasteiger partial charge in [0.25, 0.3) is 0 Å². The topological polar surface area (TPSA) is 84.9 Å². The van der Waals surface area contributed by atoms with Gasteiger partial charge >= 0.3 is 18.0 Å². The van der Waals surface area contributed by atoms with Crippen LogP contribution >= 0.6 is 0 Å². The largest absolute Gasteiger partial charge is 0.466 e. The summed E-state index contributed by atoms with van der Waals surface area (Å²) in [6.07, 6.45) is 0.750. The van der Waals surface area contributed by atoms with Gasteiger partial charge in [0.1, 0.15) is 0 Å². The maximum Gasteiger partial charge on any atom is 0.340 e. The number of para-hydroxylation sites is 1. The van der Waals surface area contributed by atoms with Gasteiger partial charge in [0.15, 0.2) is 0 Å². The minimum Gasteiger partial charge on any atom is -0.466 e. The molecule has 7 heteroatoms. The highest BCUT2D eigenvalue weighted by molar-refractivity contribution is 6.01. The third kappa shape index (κ3) is 4.79. The fourth-order valence-electron chi connectivity index (χ4n) is 3.66. The van der Waals surface area contributed by atoms with Gasteiger partial charge in [-0.15, -0.1) is 0 Å². The van der Waals surface area contributed by atoms with Gasteiger partial charge in [-0.05, 0) is 43.5 Å². The SMILES string of the molecule is CCOC(=O)C[C@H]1c2ccccc2CCN1C(=O)Nc1ccccc1C(=O)OCC. The molecule has 1 atom stereocenters. The summed E-state index contributed by atoms with van der Waals surface area (Å²) in [4.78, 5) is 39.2. The highest BCUT2D eigenvalue weighted by atomic mass is 16.5. The number of anilines is 1. The zero-order valence-corrected chi connectivity index (χ0v) is 17.2. The average Bonchev–Trinajstić information content (AvgIpc) is 2.74. The van der Waals surface area contributed by atoms with Crippen LogP contribution in [0.3, 0.4) is 0 Å². The number of nitrogens with zero attached hydrogens (tertiary/aromatic N) is 1. The summed E-state index contributed by atoms with van der Waals surface area (Å²) >= 11 is 0. The summed E-state index contributed by atoms with van der Waals surface area (Å²) < 4.78 is 10.2. The molecule has 3 rings (SSSR count). The Labute approximate surface area is 176 Å². The van der Waals surface area contributed by atoms with Gasteiger partial charge in [-0.1, -0.05) is 36.4 Å². The molecule has 0 aromatic heterocycles. The summed E-state index contributed by atoms with van der Waals surface area (Å²) in [5, 5.41) is 2.82. The molecule has 1 N–H and O–H groups in total. The van der Waals surface area contributed by atoms with E-state index in [0.29, 0.717) is 18.7 Å². The van der Waals surface area contributed by atoms with Crippen LogP contribution in [0.25, 0.3) is 0 Å². The number of benzene rings is 2. The molecule has 0 saturated carbocycles. The van der Waals surface area contributed by atoms with E-state index >= 15 is 0 Å². The van der Waals surface area contributed by atoms with Gasteiger partial charge in [-0.3, -0.25) is 4.79 Å². The second-order valence-corrected chi connectivity index (χ2v) is 6.86. The van der Waals surface area contributed by atoms with Crippen LogP contribution in [-0.4, -0.2) is 42.6 Å². The van der Waals surface area contributed by atoms with Gasteiger partial charge in [0.2, 0.25) is 0 Å². The molecule has 0 saturated heterocycles. The van der Waals surface area contributed by atoms with Gasteiger partial charge in [-0.25, -0.2) is 9.59 Å². The van der Waals surface area contributed by atoms with E-state index < -0.39 is 12.0 Å². The fourth-order valence-corrected chi connectivity index (χ4v) is 3.66. The standard InChI is InChI=1S/C23H26N2O5/c1-3-29-21(26)15-20-17-10-6-5-9-16(17)13-14-25(20)23(28)24-19-12-8-7-11-18(19)22(27)30-4-2/h5-12,20H,3-4,13-15H2,1-2H3,(H,24,28)/t20-/m0/s1. The summed E-state index contributed by atoms with van der Waals surface area (Å²) in [5.41, 5.74) is 2.70. The van der Waals surface area contributed by atoms with Crippen molar-refractivity contribution in [3.05, 3.63) is 65.2 Å². The Morgan fingerprint density at radius 2 is 1.70 bits per heavy atom. The zero-order chi connectivity index (χ0) is 21.5. The van der Waals surface area contributed by atoms with Crippen LogP contribution < -0.4 is 5.32 Å². The van der Waals surface area contributed by atoms with E-state index in [1.165, 1.54) is 0 Å². The second kappa shape index (κ2) is 9.91. The van der Waals surface area contributed by atoms with Crippen molar-refractivity contribution < 1.29 is 23.9 Å². The quantitative estimate of drug-likeness (QED) is 0.729. The van der Waals surface area contributed by atoms with Crippen molar-refractivity contribution in [1.29, 1.82) is 0 Å². The van der Waals surface area contributed by atoms with Gasteiger partial charge in [-0.2, -0.15) is 0 Å². The number of rotatable bonds is 6. The highest BCUT2D eigenvalue weighted by Gasteiger charge is 2.33. The van der Waals surface area contributed by atoms with Gasteiger partial charge < -0.3 is 19.7 Å². The molecule has 30 heavy (non-hydrogen) atoms. The molecular weight excluding hydrogens is 384 g/mol. The van der Waals surface area contributed by atoms with Crippen molar-refractivity contribution in [2.45, 2.75) is 32.7 Å². The Kier molecular flexibility index (Phi) is 7.06. The number of carbonyl (C=O) groups excluding carboxylic acids is 3. The van der Waals surface area contributed by atoms with Crippen LogP contribution in [0.5, 0.6) is 0 Å². The molecule has 1 aliphatic heterocycles. The minimum atomic E-state index is -0.500. The molecule has 0 unspecified atom stereocenters. The number of amides is 2. The van der Waals surface area contributed by atoms with E-state index in [4.69, 9.17) is 9.47 Å². The van der Waals surface area contributed by atoms with Crippen molar-refractivity contribution in [3.63, 3.8) is 0 Å². The number of nitrogens with one attached hydrogen (secondary N) is 1. The Morgan fingerprint density at radius 3 is 2.47 bits per heavy atom. The number of carbonyl (C=O) groups is 3. The molecule has 0 spiro atoms. The average molecular weight is 410 g/mol. The molecule has 0 radical (unpaired) electrons. The first-order chi connectivity index (χ1) is 14.5. The molecule has 1 heterocycles. The van der Waals surface area contributed by atoms with Gasteiger partial charge in [0.05, 0.1) is 36.9 Å². The van der Waals surface area contributed by atoms with E-state index in [1.807, 2.05) is 24.3 Å². The van der Waals surface area contributed by atoms with Crippen LogP contribution in [0.2, 0.25) is 0 Å². The van der Waals surface area contributed by atoms with Crippen LogP contribution in [0.4, 0.5) is 10.5 Å². The molecule has 2 aromatic rings. The fraction of sp³-hybridized carbons (Fsp3) is 0.348. The first kappa shape index (κ1) is 21.4. The third-order valence-corrected chi connectivity index (χ3v) is 5.00. The third-order valence-electron chi connectivity index (χ3n) is 5.00. The van der Waals surface area contributed by atoms with Crippen LogP contribution in [0.15, 0.2) is 48.5 Å². The Balaban J connectivity index is 1.86. The second-order valence-electron chi connectivity index (χ2n) is 6.86. The van der Waals surface area contributed by atoms with Crippen molar-refractivity contribution >= 4 is 23.7 Å². The number of hydrogen-bond donors (Lipinski definition) is 1. The number of urea groups is 1. The lowest BCUT2D eigenvalue weighted by Crippen LogP contribution is -2.43. The van der Waals surface area contributed by atoms with E-state index in [1.54, 1.807) is 43.0 Å². The minimum absolute atomic E-state index is 0.0673. The van der Waals surface area contributed by atoms with E-state index in [9.17, 15) is 14.4 Å². The van der Waals surface area contributed by atoms with Crippen molar-refractivity contribution in [1.82, 2.24) is 4.90 Å². The van der Waals surface area contributed by atoms with E-state index in [2.05, 4.69) is 5.32 Å². The molecule has 0 aliphatic carbocycles. The smallest absolute Gasteiger partial charge is 0.340 e. The first-order valence-electron chi connectivity index (χ1n) is 10.1.